The number of aldehydes is 1. The summed E-state index contributed by atoms with van der Waals surface area (Å²) in [7, 11) is 1.92. The summed E-state index contributed by atoms with van der Waals surface area (Å²) in [6, 6.07) is 9.03. The Morgan fingerprint density at radius 2 is 1.92 bits per heavy atom. The van der Waals surface area contributed by atoms with Crippen LogP contribution in [0.15, 0.2) is 36.4 Å². The molecule has 1 aromatic carbocycles. The first-order chi connectivity index (χ1) is 18.6. The van der Waals surface area contributed by atoms with Crippen molar-refractivity contribution in [1.82, 2.24) is 20.7 Å². The van der Waals surface area contributed by atoms with Crippen LogP contribution in [0.3, 0.4) is 0 Å². The van der Waals surface area contributed by atoms with Gasteiger partial charge in [0.2, 0.25) is 5.91 Å². The molecule has 5 atom stereocenters. The van der Waals surface area contributed by atoms with Crippen LogP contribution in [0.5, 0.6) is 0 Å². The number of ether oxygens (including phenoxy) is 2. The van der Waals surface area contributed by atoms with Gasteiger partial charge < -0.3 is 19.6 Å². The van der Waals surface area contributed by atoms with E-state index < -0.39 is 18.2 Å². The Kier molecular flexibility index (Phi) is 11.2. The number of hydrazine groups is 1. The molecule has 2 aromatic rings. The van der Waals surface area contributed by atoms with Gasteiger partial charge in [0.1, 0.15) is 24.5 Å². The Labute approximate surface area is 231 Å². The molecule has 2 heterocycles. The lowest BCUT2D eigenvalue weighted by Gasteiger charge is -2.30. The molecule has 2 N–H and O–H groups in total. The van der Waals surface area contributed by atoms with Crippen LogP contribution in [0, 0.1) is 11.8 Å². The van der Waals surface area contributed by atoms with Gasteiger partial charge in [-0.15, -0.1) is 0 Å². The molecule has 0 spiro atoms. The van der Waals surface area contributed by atoms with Gasteiger partial charge in [-0.3, -0.25) is 9.59 Å². The van der Waals surface area contributed by atoms with E-state index in [1.165, 1.54) is 0 Å². The number of pyridine rings is 1. The molecule has 4 unspecified atom stereocenters. The molecule has 212 valence electrons. The molecule has 9 nitrogen and oxygen atoms in total. The summed E-state index contributed by atoms with van der Waals surface area (Å²) in [6.45, 7) is 10.6. The molecule has 1 saturated heterocycles. The molecule has 1 aliphatic rings. The zero-order chi connectivity index (χ0) is 28.5. The highest BCUT2D eigenvalue weighted by Gasteiger charge is 2.27. The Balaban J connectivity index is 1.61. The highest BCUT2D eigenvalue weighted by molar-refractivity contribution is 5.84. The molecule has 1 amide bonds. The van der Waals surface area contributed by atoms with Crippen LogP contribution in [0.2, 0.25) is 0 Å². The largest absolute Gasteiger partial charge is 0.455 e. The first kappa shape index (κ1) is 30.4. The van der Waals surface area contributed by atoms with Crippen molar-refractivity contribution in [3.05, 3.63) is 47.7 Å². The Morgan fingerprint density at radius 3 is 2.62 bits per heavy atom. The summed E-state index contributed by atoms with van der Waals surface area (Å²) in [5.74, 6) is -0.508. The molecule has 0 bridgehead atoms. The molecule has 0 saturated carbocycles. The average molecular weight is 539 g/mol. The van der Waals surface area contributed by atoms with E-state index >= 15 is 0 Å². The maximum Gasteiger partial charge on any atom is 0.325 e. The lowest BCUT2D eigenvalue weighted by molar-refractivity contribution is -0.154. The minimum Gasteiger partial charge on any atom is -0.455 e. The molecule has 39 heavy (non-hydrogen) atoms. The number of hydrogen-bond acceptors (Lipinski definition) is 8. The predicted octanol–water partition coefficient (Wildman–Crippen LogP) is 3.83. The second kappa shape index (κ2) is 14.3. The van der Waals surface area contributed by atoms with Gasteiger partial charge in [-0.2, -0.15) is 0 Å². The van der Waals surface area contributed by atoms with E-state index in [0.29, 0.717) is 18.6 Å². The van der Waals surface area contributed by atoms with Crippen molar-refractivity contribution >= 4 is 35.1 Å². The predicted molar refractivity (Wildman–Crippen MR) is 151 cm³/mol. The number of hydrogen-bond donors (Lipinski definition) is 2. The van der Waals surface area contributed by atoms with Crippen LogP contribution in [0.1, 0.15) is 64.8 Å². The number of amides is 1. The van der Waals surface area contributed by atoms with Crippen LogP contribution in [-0.2, 0) is 23.9 Å². The molecular weight excluding hydrogens is 496 g/mol. The van der Waals surface area contributed by atoms with Crippen molar-refractivity contribution in [3.8, 4) is 0 Å². The first-order valence-corrected chi connectivity index (χ1v) is 13.7. The Morgan fingerprint density at radius 1 is 1.18 bits per heavy atom. The maximum atomic E-state index is 12.6. The summed E-state index contributed by atoms with van der Waals surface area (Å²) in [4.78, 5) is 40.7. The highest BCUT2D eigenvalue weighted by atomic mass is 16.5. The minimum atomic E-state index is -0.627. The number of fused-ring (bicyclic) bond motifs is 1. The Hall–Kier alpha value is -3.14. The molecule has 3 rings (SSSR count). The molecule has 1 aliphatic heterocycles. The second-order valence-corrected chi connectivity index (χ2v) is 10.8. The summed E-state index contributed by atoms with van der Waals surface area (Å²) in [5, 5.41) is 5.58. The van der Waals surface area contributed by atoms with Gasteiger partial charge in [0.15, 0.2) is 0 Å². The standard InChI is InChI=1S/C30H42N4O5/c1-19(2)28(29(36)31-21(4)17-35)38-18-20(3)9-10-23-11-12-24-13-14-25(32-27(24)16-23)22(5)39-30(37)26-8-7-15-34(6)33-26/h9-14,16-17,19-22,26,28,33H,7-8,15,18H2,1-6H3,(H,31,36)/b10-9+/t20?,21?,22-,26?,28?/m1/s1. The van der Waals surface area contributed by atoms with Crippen molar-refractivity contribution in [2.75, 3.05) is 20.2 Å². The molecule has 9 heteroatoms. The van der Waals surface area contributed by atoms with Crippen molar-refractivity contribution in [2.45, 2.75) is 71.8 Å². The quantitative estimate of drug-likeness (QED) is 0.310. The van der Waals surface area contributed by atoms with Gasteiger partial charge in [0.25, 0.3) is 0 Å². The van der Waals surface area contributed by atoms with Crippen LogP contribution in [0.4, 0.5) is 0 Å². The smallest absolute Gasteiger partial charge is 0.325 e. The van der Waals surface area contributed by atoms with Crippen molar-refractivity contribution in [3.63, 3.8) is 0 Å². The monoisotopic (exact) mass is 538 g/mol. The van der Waals surface area contributed by atoms with E-state index in [2.05, 4.69) is 10.7 Å². The summed E-state index contributed by atoms with van der Waals surface area (Å²) < 4.78 is 11.6. The van der Waals surface area contributed by atoms with Gasteiger partial charge in [-0.1, -0.05) is 51.1 Å². The fourth-order valence-electron chi connectivity index (χ4n) is 4.39. The fourth-order valence-corrected chi connectivity index (χ4v) is 4.39. The van der Waals surface area contributed by atoms with E-state index in [0.717, 1.165) is 35.9 Å². The third-order valence-electron chi connectivity index (χ3n) is 6.69. The Bertz CT molecular complexity index is 1170. The summed E-state index contributed by atoms with van der Waals surface area (Å²) in [5.41, 5.74) is 5.66. The summed E-state index contributed by atoms with van der Waals surface area (Å²) in [6.07, 6.45) is 5.35. The van der Waals surface area contributed by atoms with Gasteiger partial charge in [-0.25, -0.2) is 15.4 Å². The van der Waals surface area contributed by atoms with E-state index in [4.69, 9.17) is 14.5 Å². The van der Waals surface area contributed by atoms with Crippen molar-refractivity contribution < 1.29 is 23.9 Å². The molecule has 1 aromatic heterocycles. The normalized spacial score (nSPS) is 19.5. The third-order valence-corrected chi connectivity index (χ3v) is 6.69. The molecular formula is C30H42N4O5. The van der Waals surface area contributed by atoms with Crippen molar-refractivity contribution in [2.24, 2.45) is 11.8 Å². The second-order valence-electron chi connectivity index (χ2n) is 10.8. The number of aromatic nitrogens is 1. The van der Waals surface area contributed by atoms with Gasteiger partial charge in [0.05, 0.1) is 23.9 Å². The van der Waals surface area contributed by atoms with E-state index in [-0.39, 0.29) is 29.8 Å². The van der Waals surface area contributed by atoms with E-state index in [9.17, 15) is 14.4 Å². The lowest BCUT2D eigenvalue weighted by Crippen LogP contribution is -2.51. The summed E-state index contributed by atoms with van der Waals surface area (Å²) >= 11 is 0. The number of carbonyl (C=O) groups excluding carboxylic acids is 3. The lowest BCUT2D eigenvalue weighted by atomic mass is 10.1. The SMILES string of the molecule is CC(/C=C/c1ccc2ccc([C@@H](C)OC(=O)C3CCCN(C)N3)nc2c1)COC(C(=O)NC(C)C=O)C(C)C. The maximum absolute atomic E-state index is 12.6. The molecule has 1 fully saturated rings. The van der Waals surface area contributed by atoms with E-state index in [1.807, 2.05) is 82.2 Å². The van der Waals surface area contributed by atoms with Gasteiger partial charge >= 0.3 is 5.97 Å². The number of esters is 1. The minimum absolute atomic E-state index is 0.0253. The molecule has 0 radical (unpaired) electrons. The number of carbonyl (C=O) groups is 3. The highest BCUT2D eigenvalue weighted by Crippen LogP contribution is 2.22. The number of nitrogens with one attached hydrogen (secondary N) is 2. The number of nitrogens with zero attached hydrogens (tertiary/aromatic N) is 2. The first-order valence-electron chi connectivity index (χ1n) is 13.7. The van der Waals surface area contributed by atoms with Gasteiger partial charge in [0, 0.05) is 19.0 Å². The van der Waals surface area contributed by atoms with Gasteiger partial charge in [-0.05, 0) is 56.2 Å². The van der Waals surface area contributed by atoms with E-state index in [1.54, 1.807) is 6.92 Å². The zero-order valence-corrected chi connectivity index (χ0v) is 23.8. The van der Waals surface area contributed by atoms with Crippen LogP contribution < -0.4 is 10.7 Å². The third kappa shape index (κ3) is 8.95. The van der Waals surface area contributed by atoms with Crippen LogP contribution in [-0.4, -0.2) is 66.5 Å². The molecule has 0 aliphatic carbocycles. The zero-order valence-electron chi connectivity index (χ0n) is 23.8. The number of benzene rings is 1. The average Bonchev–Trinajstić information content (AvgIpc) is 2.91. The fraction of sp³-hybridized carbons (Fsp3) is 0.533. The van der Waals surface area contributed by atoms with Crippen LogP contribution in [0.25, 0.3) is 17.0 Å². The van der Waals surface area contributed by atoms with Crippen LogP contribution >= 0.6 is 0 Å². The number of rotatable bonds is 12. The topological polar surface area (TPSA) is 110 Å². The van der Waals surface area contributed by atoms with Crippen molar-refractivity contribution in [1.29, 1.82) is 0 Å².